The summed E-state index contributed by atoms with van der Waals surface area (Å²) in [7, 11) is 0. The number of benzene rings is 1. The number of amides is 1. The summed E-state index contributed by atoms with van der Waals surface area (Å²) in [5.74, 6) is -1.01. The Bertz CT molecular complexity index is 619. The van der Waals surface area contributed by atoms with Gasteiger partial charge < -0.3 is 10.4 Å². The molecule has 1 heterocycles. The molecule has 102 valence electrons. The third-order valence-corrected chi connectivity index (χ3v) is 2.88. The van der Waals surface area contributed by atoms with Crippen molar-refractivity contribution < 1.29 is 14.7 Å². The average molecular weight is 270 g/mol. The maximum atomic E-state index is 12.0. The lowest BCUT2D eigenvalue weighted by Gasteiger charge is -2.05. The summed E-state index contributed by atoms with van der Waals surface area (Å²) in [6.07, 6.45) is 2.12. The van der Waals surface area contributed by atoms with Gasteiger partial charge in [0.05, 0.1) is 5.56 Å². The summed E-state index contributed by atoms with van der Waals surface area (Å²) in [5.41, 5.74) is 1.77. The summed E-state index contributed by atoms with van der Waals surface area (Å²) in [5, 5.41) is 11.4. The highest BCUT2D eigenvalue weighted by Gasteiger charge is 2.08. The quantitative estimate of drug-likeness (QED) is 0.895. The first-order valence-corrected chi connectivity index (χ1v) is 6.20. The van der Waals surface area contributed by atoms with Crippen LogP contribution in [0.2, 0.25) is 0 Å². The number of carbonyl (C=O) groups is 2. The van der Waals surface area contributed by atoms with Crippen molar-refractivity contribution in [1.82, 2.24) is 4.98 Å². The zero-order valence-corrected chi connectivity index (χ0v) is 11.0. The Morgan fingerprint density at radius 2 is 1.75 bits per heavy atom. The second kappa shape index (κ2) is 5.97. The largest absolute Gasteiger partial charge is 0.478 e. The minimum atomic E-state index is -1.05. The topological polar surface area (TPSA) is 79.3 Å². The number of hydrogen-bond acceptors (Lipinski definition) is 3. The van der Waals surface area contributed by atoms with Gasteiger partial charge in [-0.1, -0.05) is 19.1 Å². The molecular weight excluding hydrogens is 256 g/mol. The maximum Gasteiger partial charge on any atom is 0.337 e. The van der Waals surface area contributed by atoms with Crippen molar-refractivity contribution in [3.8, 4) is 0 Å². The molecule has 2 aromatic rings. The first-order valence-electron chi connectivity index (χ1n) is 6.20. The number of carbonyl (C=O) groups excluding carboxylic acids is 1. The third kappa shape index (κ3) is 3.20. The lowest BCUT2D eigenvalue weighted by Crippen LogP contribution is -2.13. The van der Waals surface area contributed by atoms with E-state index in [4.69, 9.17) is 5.11 Å². The number of carboxylic acid groups (broad SMARTS) is 1. The standard InChI is InChI=1S/C15H14N2O3/c1-2-10-3-5-11(6-4-10)14(18)17-13-8-7-12(9-16-13)15(19)20/h3-9H,2H2,1H3,(H,19,20)(H,16,17,18). The zero-order chi connectivity index (χ0) is 14.5. The second-order valence-corrected chi connectivity index (χ2v) is 4.24. The van der Waals surface area contributed by atoms with Gasteiger partial charge in [0, 0.05) is 11.8 Å². The van der Waals surface area contributed by atoms with Crippen LogP contribution in [-0.2, 0) is 6.42 Å². The summed E-state index contributed by atoms with van der Waals surface area (Å²) in [4.78, 5) is 26.5. The molecule has 0 saturated heterocycles. The molecule has 0 atom stereocenters. The van der Waals surface area contributed by atoms with E-state index in [0.29, 0.717) is 11.4 Å². The van der Waals surface area contributed by atoms with Crippen molar-refractivity contribution in [2.45, 2.75) is 13.3 Å². The molecule has 0 radical (unpaired) electrons. The maximum absolute atomic E-state index is 12.0. The number of nitrogens with zero attached hydrogens (tertiary/aromatic N) is 1. The number of carboxylic acids is 1. The average Bonchev–Trinajstić information content (AvgIpc) is 2.48. The zero-order valence-electron chi connectivity index (χ0n) is 11.0. The van der Waals surface area contributed by atoms with Crippen molar-refractivity contribution in [3.63, 3.8) is 0 Å². The van der Waals surface area contributed by atoms with Gasteiger partial charge in [0.2, 0.25) is 0 Å². The highest BCUT2D eigenvalue weighted by Crippen LogP contribution is 2.09. The Kier molecular flexibility index (Phi) is 4.10. The number of pyridine rings is 1. The monoisotopic (exact) mass is 270 g/mol. The minimum absolute atomic E-state index is 0.0790. The summed E-state index contributed by atoms with van der Waals surface area (Å²) in [6, 6.07) is 10.2. The first-order chi connectivity index (χ1) is 9.60. The Morgan fingerprint density at radius 3 is 2.25 bits per heavy atom. The van der Waals surface area contributed by atoms with E-state index in [9.17, 15) is 9.59 Å². The molecule has 5 nitrogen and oxygen atoms in total. The molecule has 0 aliphatic carbocycles. The molecule has 0 fully saturated rings. The summed E-state index contributed by atoms with van der Waals surface area (Å²) < 4.78 is 0. The fraction of sp³-hybridized carbons (Fsp3) is 0.133. The lowest BCUT2D eigenvalue weighted by atomic mass is 10.1. The van der Waals surface area contributed by atoms with E-state index in [-0.39, 0.29) is 11.5 Å². The van der Waals surface area contributed by atoms with Gasteiger partial charge in [-0.05, 0) is 36.2 Å². The van der Waals surface area contributed by atoms with E-state index in [1.807, 2.05) is 19.1 Å². The van der Waals surface area contributed by atoms with E-state index in [2.05, 4.69) is 10.3 Å². The van der Waals surface area contributed by atoms with Crippen LogP contribution >= 0.6 is 0 Å². The lowest BCUT2D eigenvalue weighted by molar-refractivity contribution is 0.0696. The van der Waals surface area contributed by atoms with Crippen LogP contribution in [0.15, 0.2) is 42.6 Å². The smallest absolute Gasteiger partial charge is 0.337 e. The fourth-order valence-corrected chi connectivity index (χ4v) is 1.67. The molecule has 0 unspecified atom stereocenters. The van der Waals surface area contributed by atoms with Gasteiger partial charge in [-0.25, -0.2) is 9.78 Å². The predicted octanol–water partition coefficient (Wildman–Crippen LogP) is 2.59. The van der Waals surface area contributed by atoms with Gasteiger partial charge in [0.15, 0.2) is 0 Å². The van der Waals surface area contributed by atoms with Crippen LogP contribution in [0, 0.1) is 0 Å². The molecule has 0 bridgehead atoms. The van der Waals surface area contributed by atoms with E-state index in [0.717, 1.165) is 12.0 Å². The van der Waals surface area contributed by atoms with Crippen LogP contribution < -0.4 is 5.32 Å². The number of aromatic nitrogens is 1. The van der Waals surface area contributed by atoms with Crippen LogP contribution in [0.4, 0.5) is 5.82 Å². The number of aryl methyl sites for hydroxylation is 1. The van der Waals surface area contributed by atoms with Crippen LogP contribution in [-0.4, -0.2) is 22.0 Å². The van der Waals surface area contributed by atoms with Gasteiger partial charge in [0.1, 0.15) is 5.82 Å². The van der Waals surface area contributed by atoms with E-state index in [1.54, 1.807) is 12.1 Å². The van der Waals surface area contributed by atoms with Crippen molar-refractivity contribution in [2.24, 2.45) is 0 Å². The van der Waals surface area contributed by atoms with Crippen molar-refractivity contribution in [2.75, 3.05) is 5.32 Å². The molecule has 2 N–H and O–H groups in total. The number of rotatable bonds is 4. The minimum Gasteiger partial charge on any atom is -0.478 e. The molecule has 1 amide bonds. The van der Waals surface area contributed by atoms with Crippen LogP contribution in [0.3, 0.4) is 0 Å². The SMILES string of the molecule is CCc1ccc(C(=O)Nc2ccc(C(=O)O)cn2)cc1. The second-order valence-electron chi connectivity index (χ2n) is 4.24. The van der Waals surface area contributed by atoms with E-state index < -0.39 is 5.97 Å². The molecule has 0 saturated carbocycles. The van der Waals surface area contributed by atoms with Crippen LogP contribution in [0.5, 0.6) is 0 Å². The van der Waals surface area contributed by atoms with Crippen LogP contribution in [0.1, 0.15) is 33.2 Å². The van der Waals surface area contributed by atoms with Crippen molar-refractivity contribution in [1.29, 1.82) is 0 Å². The van der Waals surface area contributed by atoms with Gasteiger partial charge >= 0.3 is 5.97 Å². The molecular formula is C15H14N2O3. The summed E-state index contributed by atoms with van der Waals surface area (Å²) in [6.45, 7) is 2.04. The third-order valence-electron chi connectivity index (χ3n) is 2.88. The number of aromatic carboxylic acids is 1. The van der Waals surface area contributed by atoms with E-state index >= 15 is 0 Å². The number of nitrogens with one attached hydrogen (secondary N) is 1. The Hall–Kier alpha value is -2.69. The molecule has 5 heteroatoms. The van der Waals surface area contributed by atoms with Crippen molar-refractivity contribution in [3.05, 3.63) is 59.3 Å². The predicted molar refractivity (Wildman–Crippen MR) is 75.0 cm³/mol. The Labute approximate surface area is 116 Å². The highest BCUT2D eigenvalue weighted by molar-refractivity contribution is 6.03. The highest BCUT2D eigenvalue weighted by atomic mass is 16.4. The molecule has 1 aromatic carbocycles. The van der Waals surface area contributed by atoms with Crippen LogP contribution in [0.25, 0.3) is 0 Å². The molecule has 1 aromatic heterocycles. The molecule has 0 aliphatic heterocycles. The van der Waals surface area contributed by atoms with Gasteiger partial charge in [-0.15, -0.1) is 0 Å². The van der Waals surface area contributed by atoms with E-state index in [1.165, 1.54) is 18.3 Å². The molecule has 0 aliphatic rings. The van der Waals surface area contributed by atoms with Gasteiger partial charge in [-0.3, -0.25) is 4.79 Å². The fourth-order valence-electron chi connectivity index (χ4n) is 1.67. The van der Waals surface area contributed by atoms with Gasteiger partial charge in [-0.2, -0.15) is 0 Å². The van der Waals surface area contributed by atoms with Crippen molar-refractivity contribution >= 4 is 17.7 Å². The Morgan fingerprint density at radius 1 is 1.10 bits per heavy atom. The molecule has 20 heavy (non-hydrogen) atoms. The molecule has 2 rings (SSSR count). The molecule has 0 spiro atoms. The normalized spacial score (nSPS) is 10.1. The number of hydrogen-bond donors (Lipinski definition) is 2. The van der Waals surface area contributed by atoms with Gasteiger partial charge in [0.25, 0.3) is 5.91 Å². The Balaban J connectivity index is 2.08. The first kappa shape index (κ1) is 13.7. The summed E-state index contributed by atoms with van der Waals surface area (Å²) >= 11 is 0. The number of anilines is 1.